The monoisotopic (exact) mass is 324 g/mol. The van der Waals surface area contributed by atoms with E-state index in [1.54, 1.807) is 37.4 Å². The Balaban J connectivity index is 2.14. The number of halogens is 1. The maximum absolute atomic E-state index is 12.4. The molecule has 0 aliphatic rings. The molecule has 1 heterocycles. The predicted molar refractivity (Wildman–Crippen MR) is 81.8 cm³/mol. The van der Waals surface area contributed by atoms with E-state index in [4.69, 9.17) is 26.0 Å². The lowest BCUT2D eigenvalue weighted by Gasteiger charge is -2.19. The van der Waals surface area contributed by atoms with Crippen molar-refractivity contribution in [1.82, 2.24) is 10.1 Å². The van der Waals surface area contributed by atoms with Crippen LogP contribution in [0.15, 0.2) is 34.9 Å². The molecule has 1 aromatic carbocycles. The van der Waals surface area contributed by atoms with Gasteiger partial charge >= 0.3 is 0 Å². The largest absolute Gasteiger partial charge is 0.395 e. The van der Waals surface area contributed by atoms with E-state index in [1.807, 2.05) is 0 Å². The molecule has 0 saturated carbocycles. The van der Waals surface area contributed by atoms with E-state index in [1.165, 1.54) is 4.90 Å². The van der Waals surface area contributed by atoms with Crippen molar-refractivity contribution in [1.29, 1.82) is 0 Å². The second-order valence-electron chi connectivity index (χ2n) is 4.59. The van der Waals surface area contributed by atoms with E-state index < -0.39 is 0 Å². The van der Waals surface area contributed by atoms with Crippen LogP contribution in [0.2, 0.25) is 5.02 Å². The fourth-order valence-electron chi connectivity index (χ4n) is 1.93. The Morgan fingerprint density at radius 3 is 2.73 bits per heavy atom. The van der Waals surface area contributed by atoms with Gasteiger partial charge in [-0.1, -0.05) is 16.8 Å². The average molecular weight is 325 g/mol. The Kier molecular flexibility index (Phi) is 5.94. The standard InChI is InChI=1S/C15H17ClN2O4/c1-21-9-7-18(6-8-19)15(20)13-10-14(22-17-13)11-2-4-12(16)5-3-11/h2-5,10,19H,6-9H2,1H3. The van der Waals surface area contributed by atoms with Gasteiger partial charge in [0.1, 0.15) is 0 Å². The number of carbonyl (C=O) groups is 1. The first-order valence-electron chi connectivity index (χ1n) is 6.77. The van der Waals surface area contributed by atoms with Crippen molar-refractivity contribution in [3.05, 3.63) is 41.0 Å². The minimum absolute atomic E-state index is 0.128. The van der Waals surface area contributed by atoms with Gasteiger partial charge in [-0.15, -0.1) is 0 Å². The molecular formula is C15H17ClN2O4. The van der Waals surface area contributed by atoms with Crippen LogP contribution in [0, 0.1) is 0 Å². The number of benzene rings is 1. The highest BCUT2D eigenvalue weighted by Crippen LogP contribution is 2.22. The number of aliphatic hydroxyl groups is 1. The number of ether oxygens (including phenoxy) is 1. The second kappa shape index (κ2) is 7.93. The van der Waals surface area contributed by atoms with Crippen molar-refractivity contribution < 1.29 is 19.2 Å². The van der Waals surface area contributed by atoms with Crippen LogP contribution in [0.1, 0.15) is 10.5 Å². The lowest BCUT2D eigenvalue weighted by molar-refractivity contribution is 0.0646. The van der Waals surface area contributed by atoms with E-state index in [-0.39, 0.29) is 24.8 Å². The molecular weight excluding hydrogens is 308 g/mol. The molecule has 0 spiro atoms. The van der Waals surface area contributed by atoms with Crippen LogP contribution in [0.3, 0.4) is 0 Å². The maximum Gasteiger partial charge on any atom is 0.276 e. The lowest BCUT2D eigenvalue weighted by Crippen LogP contribution is -2.36. The van der Waals surface area contributed by atoms with Gasteiger partial charge in [0.2, 0.25) is 0 Å². The van der Waals surface area contributed by atoms with Gasteiger partial charge in [-0.3, -0.25) is 4.79 Å². The van der Waals surface area contributed by atoms with Crippen LogP contribution < -0.4 is 0 Å². The summed E-state index contributed by atoms with van der Waals surface area (Å²) >= 11 is 5.84. The van der Waals surface area contributed by atoms with Crippen LogP contribution in [0.4, 0.5) is 0 Å². The molecule has 2 rings (SSSR count). The summed E-state index contributed by atoms with van der Waals surface area (Å²) in [6, 6.07) is 8.61. The van der Waals surface area contributed by atoms with Gasteiger partial charge in [0.15, 0.2) is 11.5 Å². The molecule has 0 saturated heterocycles. The van der Waals surface area contributed by atoms with Crippen molar-refractivity contribution in [2.24, 2.45) is 0 Å². The zero-order valence-electron chi connectivity index (χ0n) is 12.2. The Morgan fingerprint density at radius 2 is 2.09 bits per heavy atom. The molecule has 0 atom stereocenters. The van der Waals surface area contributed by atoms with E-state index in [0.717, 1.165) is 5.56 Å². The molecule has 1 N–H and O–H groups in total. The number of nitrogens with zero attached hydrogens (tertiary/aromatic N) is 2. The third kappa shape index (κ3) is 4.07. The average Bonchev–Trinajstić information content (AvgIpc) is 3.01. The summed E-state index contributed by atoms with van der Waals surface area (Å²) in [4.78, 5) is 13.8. The van der Waals surface area contributed by atoms with Gasteiger partial charge < -0.3 is 19.3 Å². The lowest BCUT2D eigenvalue weighted by atomic mass is 10.1. The van der Waals surface area contributed by atoms with E-state index in [2.05, 4.69) is 5.16 Å². The van der Waals surface area contributed by atoms with Gasteiger partial charge in [-0.2, -0.15) is 0 Å². The van der Waals surface area contributed by atoms with Crippen LogP contribution in [0.25, 0.3) is 11.3 Å². The molecule has 6 nitrogen and oxygen atoms in total. The van der Waals surface area contributed by atoms with E-state index >= 15 is 0 Å². The van der Waals surface area contributed by atoms with E-state index in [9.17, 15) is 4.79 Å². The summed E-state index contributed by atoms with van der Waals surface area (Å²) in [6.45, 7) is 0.843. The van der Waals surface area contributed by atoms with Crippen LogP contribution >= 0.6 is 11.6 Å². The number of aromatic nitrogens is 1. The number of hydrogen-bond donors (Lipinski definition) is 1. The molecule has 0 aliphatic heterocycles. The van der Waals surface area contributed by atoms with Crippen molar-refractivity contribution in [2.75, 3.05) is 33.4 Å². The highest BCUT2D eigenvalue weighted by atomic mass is 35.5. The van der Waals surface area contributed by atoms with Crippen molar-refractivity contribution >= 4 is 17.5 Å². The summed E-state index contributed by atoms with van der Waals surface area (Å²) < 4.78 is 10.2. The summed E-state index contributed by atoms with van der Waals surface area (Å²) in [5.74, 6) is 0.172. The molecule has 118 valence electrons. The molecule has 22 heavy (non-hydrogen) atoms. The number of aliphatic hydroxyl groups excluding tert-OH is 1. The van der Waals surface area contributed by atoms with Gasteiger partial charge in [0, 0.05) is 36.9 Å². The Morgan fingerprint density at radius 1 is 1.36 bits per heavy atom. The highest BCUT2D eigenvalue weighted by molar-refractivity contribution is 6.30. The minimum atomic E-state index is -0.310. The first kappa shape index (κ1) is 16.5. The van der Waals surface area contributed by atoms with Crippen LogP contribution in [-0.4, -0.2) is 54.5 Å². The zero-order chi connectivity index (χ0) is 15.9. The number of hydrogen-bond acceptors (Lipinski definition) is 5. The normalized spacial score (nSPS) is 10.7. The maximum atomic E-state index is 12.4. The zero-order valence-corrected chi connectivity index (χ0v) is 12.9. The Hall–Kier alpha value is -1.89. The molecule has 2 aromatic rings. The smallest absolute Gasteiger partial charge is 0.276 e. The van der Waals surface area contributed by atoms with Crippen molar-refractivity contribution in [2.45, 2.75) is 0 Å². The Labute approximate surface area is 133 Å². The van der Waals surface area contributed by atoms with Crippen molar-refractivity contribution in [3.63, 3.8) is 0 Å². The summed E-state index contributed by atoms with van der Waals surface area (Å²) in [5.41, 5.74) is 0.969. The second-order valence-corrected chi connectivity index (χ2v) is 5.03. The predicted octanol–water partition coefficient (Wildman–Crippen LogP) is 2.08. The van der Waals surface area contributed by atoms with Gasteiger partial charge in [0.05, 0.1) is 13.2 Å². The molecule has 0 bridgehead atoms. The SMILES string of the molecule is COCCN(CCO)C(=O)c1cc(-c2ccc(Cl)cc2)on1. The van der Waals surface area contributed by atoms with Crippen molar-refractivity contribution in [3.8, 4) is 11.3 Å². The molecule has 7 heteroatoms. The number of methoxy groups -OCH3 is 1. The molecule has 0 radical (unpaired) electrons. The molecule has 0 fully saturated rings. The highest BCUT2D eigenvalue weighted by Gasteiger charge is 2.20. The topological polar surface area (TPSA) is 75.8 Å². The number of carbonyl (C=O) groups excluding carboxylic acids is 1. The quantitative estimate of drug-likeness (QED) is 0.844. The number of amides is 1. The summed E-state index contributed by atoms with van der Waals surface area (Å²) in [6.07, 6.45) is 0. The van der Waals surface area contributed by atoms with Gasteiger partial charge in [0.25, 0.3) is 5.91 Å². The summed E-state index contributed by atoms with van der Waals surface area (Å²) in [5, 5.41) is 13.5. The van der Waals surface area contributed by atoms with E-state index in [0.29, 0.717) is 23.9 Å². The number of rotatable bonds is 7. The molecule has 0 aliphatic carbocycles. The minimum Gasteiger partial charge on any atom is -0.395 e. The first-order valence-corrected chi connectivity index (χ1v) is 7.15. The van der Waals surface area contributed by atoms with Gasteiger partial charge in [-0.25, -0.2) is 0 Å². The Bertz CT molecular complexity index is 612. The fraction of sp³-hybridized carbons (Fsp3) is 0.333. The van der Waals surface area contributed by atoms with Gasteiger partial charge in [-0.05, 0) is 24.3 Å². The first-order chi connectivity index (χ1) is 10.7. The molecule has 1 aromatic heterocycles. The van der Waals surface area contributed by atoms with Crippen LogP contribution in [-0.2, 0) is 4.74 Å². The van der Waals surface area contributed by atoms with Crippen LogP contribution in [0.5, 0.6) is 0 Å². The molecule has 1 amide bonds. The summed E-state index contributed by atoms with van der Waals surface area (Å²) in [7, 11) is 1.55. The molecule has 0 unspecified atom stereocenters. The fourth-order valence-corrected chi connectivity index (χ4v) is 2.05. The third-order valence-corrected chi connectivity index (χ3v) is 3.33. The third-order valence-electron chi connectivity index (χ3n) is 3.08.